The maximum Gasteiger partial charge on any atom is 0.416 e. The second kappa shape index (κ2) is 7.67. The quantitative estimate of drug-likeness (QED) is 0.629. The molecule has 0 aromatic heterocycles. The first-order valence-electron chi connectivity index (χ1n) is 6.60. The normalized spacial score (nSPS) is 13.7. The SMILES string of the molecule is CC(NC(=O)CCOCC(F)(F)F)c1cccc(C(F)(F)F)c1. The fourth-order valence-electron chi connectivity index (χ4n) is 1.73. The summed E-state index contributed by atoms with van der Waals surface area (Å²) in [6.07, 6.45) is -9.29. The van der Waals surface area contributed by atoms with Gasteiger partial charge < -0.3 is 10.1 Å². The van der Waals surface area contributed by atoms with Crippen molar-refractivity contribution >= 4 is 5.91 Å². The minimum Gasteiger partial charge on any atom is -0.372 e. The molecule has 0 saturated carbocycles. The summed E-state index contributed by atoms with van der Waals surface area (Å²) in [7, 11) is 0. The van der Waals surface area contributed by atoms with Crippen LogP contribution in [0.3, 0.4) is 0 Å². The van der Waals surface area contributed by atoms with E-state index in [9.17, 15) is 31.1 Å². The van der Waals surface area contributed by atoms with E-state index in [4.69, 9.17) is 0 Å². The summed E-state index contributed by atoms with van der Waals surface area (Å²) in [6.45, 7) is -0.409. The Bertz CT molecular complexity index is 527. The molecule has 0 aliphatic rings. The van der Waals surface area contributed by atoms with E-state index in [1.165, 1.54) is 19.1 Å². The summed E-state index contributed by atoms with van der Waals surface area (Å²) in [5.74, 6) is -0.614. The van der Waals surface area contributed by atoms with Gasteiger partial charge >= 0.3 is 12.4 Å². The van der Waals surface area contributed by atoms with Crippen molar-refractivity contribution in [1.29, 1.82) is 0 Å². The number of halogens is 6. The van der Waals surface area contributed by atoms with Gasteiger partial charge in [-0.05, 0) is 24.6 Å². The molecule has 1 aromatic carbocycles. The van der Waals surface area contributed by atoms with Gasteiger partial charge in [0.2, 0.25) is 5.91 Å². The molecule has 0 aliphatic heterocycles. The zero-order valence-corrected chi connectivity index (χ0v) is 12.1. The largest absolute Gasteiger partial charge is 0.416 e. The van der Waals surface area contributed by atoms with E-state index in [0.29, 0.717) is 0 Å². The number of hydrogen-bond acceptors (Lipinski definition) is 2. The van der Waals surface area contributed by atoms with Crippen molar-refractivity contribution < 1.29 is 35.9 Å². The van der Waals surface area contributed by atoms with Crippen molar-refractivity contribution in [1.82, 2.24) is 5.32 Å². The van der Waals surface area contributed by atoms with E-state index in [2.05, 4.69) is 10.1 Å². The Hall–Kier alpha value is -1.77. The van der Waals surface area contributed by atoms with Crippen LogP contribution in [0.15, 0.2) is 24.3 Å². The van der Waals surface area contributed by atoms with Crippen LogP contribution in [0.25, 0.3) is 0 Å². The minimum absolute atomic E-state index is 0.240. The van der Waals surface area contributed by atoms with Crippen LogP contribution in [0, 0.1) is 0 Å². The van der Waals surface area contributed by atoms with Crippen molar-refractivity contribution in [2.75, 3.05) is 13.2 Å². The number of amides is 1. The highest BCUT2D eigenvalue weighted by atomic mass is 19.4. The smallest absolute Gasteiger partial charge is 0.372 e. The third-order valence-electron chi connectivity index (χ3n) is 2.83. The van der Waals surface area contributed by atoms with Crippen LogP contribution < -0.4 is 5.32 Å². The standard InChI is InChI=1S/C14H15F6NO2/c1-9(10-3-2-4-11(7-10)14(18,19)20)21-12(22)5-6-23-8-13(15,16)17/h2-4,7,9H,5-6,8H2,1H3,(H,21,22). The second-order valence-corrected chi connectivity index (χ2v) is 4.83. The topological polar surface area (TPSA) is 38.3 Å². The molecule has 0 spiro atoms. The average Bonchev–Trinajstić information content (AvgIpc) is 2.42. The number of carbonyl (C=O) groups is 1. The maximum atomic E-state index is 12.6. The first-order chi connectivity index (χ1) is 10.5. The molecule has 0 fully saturated rings. The maximum absolute atomic E-state index is 12.6. The first-order valence-corrected chi connectivity index (χ1v) is 6.60. The molecule has 3 nitrogen and oxygen atoms in total. The van der Waals surface area contributed by atoms with Crippen LogP contribution in [-0.2, 0) is 15.7 Å². The van der Waals surface area contributed by atoms with E-state index in [1.54, 1.807) is 0 Å². The van der Waals surface area contributed by atoms with Crippen LogP contribution in [0.4, 0.5) is 26.3 Å². The average molecular weight is 343 g/mol. The Morgan fingerprint density at radius 1 is 1.22 bits per heavy atom. The number of rotatable bonds is 6. The van der Waals surface area contributed by atoms with Gasteiger partial charge in [0.1, 0.15) is 6.61 Å². The van der Waals surface area contributed by atoms with Crippen LogP contribution in [0.1, 0.15) is 30.5 Å². The van der Waals surface area contributed by atoms with E-state index in [-0.39, 0.29) is 12.0 Å². The molecule has 1 atom stereocenters. The molecule has 0 heterocycles. The summed E-state index contributed by atoms with van der Waals surface area (Å²) >= 11 is 0. The van der Waals surface area contributed by atoms with Gasteiger partial charge in [-0.2, -0.15) is 26.3 Å². The predicted molar refractivity (Wildman–Crippen MR) is 69.5 cm³/mol. The number of benzene rings is 1. The van der Waals surface area contributed by atoms with Gasteiger partial charge in [-0.1, -0.05) is 12.1 Å². The van der Waals surface area contributed by atoms with E-state index < -0.39 is 43.1 Å². The molecule has 0 aliphatic carbocycles. The van der Waals surface area contributed by atoms with E-state index >= 15 is 0 Å². The van der Waals surface area contributed by atoms with Crippen molar-refractivity contribution in [2.24, 2.45) is 0 Å². The number of carbonyl (C=O) groups excluding carboxylic acids is 1. The zero-order valence-electron chi connectivity index (χ0n) is 12.1. The molecule has 130 valence electrons. The molecule has 0 bridgehead atoms. The number of hydrogen-bond donors (Lipinski definition) is 1. The predicted octanol–water partition coefficient (Wildman–Crippen LogP) is 3.85. The molecule has 1 amide bonds. The van der Waals surface area contributed by atoms with Gasteiger partial charge in [0.15, 0.2) is 0 Å². The highest BCUT2D eigenvalue weighted by Crippen LogP contribution is 2.30. The molecular formula is C14H15F6NO2. The summed E-state index contributed by atoms with van der Waals surface area (Å²) in [4.78, 5) is 11.5. The number of ether oxygens (including phenoxy) is 1. The fourth-order valence-corrected chi connectivity index (χ4v) is 1.73. The van der Waals surface area contributed by atoms with Crippen molar-refractivity contribution in [3.8, 4) is 0 Å². The lowest BCUT2D eigenvalue weighted by Crippen LogP contribution is -2.28. The van der Waals surface area contributed by atoms with E-state index in [0.717, 1.165) is 12.1 Å². The highest BCUT2D eigenvalue weighted by molar-refractivity contribution is 5.76. The highest BCUT2D eigenvalue weighted by Gasteiger charge is 2.31. The molecule has 1 aromatic rings. The number of nitrogens with one attached hydrogen (secondary N) is 1. The molecular weight excluding hydrogens is 328 g/mol. The van der Waals surface area contributed by atoms with Crippen LogP contribution >= 0.6 is 0 Å². The van der Waals surface area contributed by atoms with Crippen molar-refractivity contribution in [2.45, 2.75) is 31.7 Å². The van der Waals surface area contributed by atoms with Gasteiger partial charge in [0, 0.05) is 6.42 Å². The third kappa shape index (κ3) is 7.36. The lowest BCUT2D eigenvalue weighted by Gasteiger charge is -2.16. The molecule has 9 heteroatoms. The Morgan fingerprint density at radius 2 is 1.87 bits per heavy atom. The van der Waals surface area contributed by atoms with E-state index in [1.807, 2.05) is 0 Å². The van der Waals surface area contributed by atoms with Crippen LogP contribution in [0.5, 0.6) is 0 Å². The Balaban J connectivity index is 2.49. The minimum atomic E-state index is -4.49. The Kier molecular flexibility index (Phi) is 6.43. The van der Waals surface area contributed by atoms with Gasteiger partial charge in [-0.25, -0.2) is 0 Å². The monoisotopic (exact) mass is 343 g/mol. The number of alkyl halides is 6. The van der Waals surface area contributed by atoms with Gasteiger partial charge in [0.25, 0.3) is 0 Å². The molecule has 0 radical (unpaired) electrons. The van der Waals surface area contributed by atoms with Gasteiger partial charge in [0.05, 0.1) is 18.2 Å². The Labute approximate surface area is 128 Å². The fraction of sp³-hybridized carbons (Fsp3) is 0.500. The Morgan fingerprint density at radius 3 is 2.43 bits per heavy atom. The van der Waals surface area contributed by atoms with Crippen LogP contribution in [0.2, 0.25) is 0 Å². The second-order valence-electron chi connectivity index (χ2n) is 4.83. The van der Waals surface area contributed by atoms with Crippen molar-refractivity contribution in [3.05, 3.63) is 35.4 Å². The lowest BCUT2D eigenvalue weighted by molar-refractivity contribution is -0.174. The summed E-state index contributed by atoms with van der Waals surface area (Å²) in [5.41, 5.74) is -0.603. The molecule has 1 N–H and O–H groups in total. The third-order valence-corrected chi connectivity index (χ3v) is 2.83. The lowest BCUT2D eigenvalue weighted by atomic mass is 10.0. The molecule has 1 unspecified atom stereocenters. The molecule has 1 rings (SSSR count). The molecule has 0 saturated heterocycles. The van der Waals surface area contributed by atoms with Crippen molar-refractivity contribution in [3.63, 3.8) is 0 Å². The van der Waals surface area contributed by atoms with Gasteiger partial charge in [-0.3, -0.25) is 4.79 Å². The molecule has 23 heavy (non-hydrogen) atoms. The summed E-state index contributed by atoms with van der Waals surface area (Å²) in [6, 6.07) is 3.73. The summed E-state index contributed by atoms with van der Waals surface area (Å²) < 4.78 is 77.6. The zero-order chi connectivity index (χ0) is 17.7. The van der Waals surface area contributed by atoms with Gasteiger partial charge in [-0.15, -0.1) is 0 Å². The van der Waals surface area contributed by atoms with Crippen LogP contribution in [-0.4, -0.2) is 25.3 Å². The summed E-state index contributed by atoms with van der Waals surface area (Å²) in [5, 5.41) is 2.40. The first kappa shape index (κ1) is 19.3.